The van der Waals surface area contributed by atoms with Crippen molar-refractivity contribution in [2.24, 2.45) is 16.2 Å². The van der Waals surface area contributed by atoms with Gasteiger partial charge in [-0.05, 0) is 38.5 Å². The molecular weight excluding hydrogens is 737 g/mol. The summed E-state index contributed by atoms with van der Waals surface area (Å²) >= 11 is 0. The number of carbonyl (C=O) groups is 2. The van der Waals surface area contributed by atoms with Crippen LogP contribution in [0.15, 0.2) is 25.3 Å². The molecule has 344 valence electrons. The van der Waals surface area contributed by atoms with Crippen LogP contribution in [0.1, 0.15) is 212 Å². The molecular formula is C48H92O10. The Hall–Kier alpha value is -1.82. The van der Waals surface area contributed by atoms with Crippen LogP contribution in [0.3, 0.4) is 0 Å². The summed E-state index contributed by atoms with van der Waals surface area (Å²) in [6.07, 6.45) is 42.6. The van der Waals surface area contributed by atoms with Crippen LogP contribution in [0.2, 0.25) is 0 Å². The summed E-state index contributed by atoms with van der Waals surface area (Å²) in [4.78, 5) is 18.5. The summed E-state index contributed by atoms with van der Waals surface area (Å²) in [5, 5.41) is 72.1. The Morgan fingerprint density at radius 2 is 0.414 bits per heavy atom. The fourth-order valence-corrected chi connectivity index (χ4v) is 8.19. The molecule has 3 fully saturated rings. The molecule has 3 aliphatic carbocycles. The zero-order valence-corrected chi connectivity index (χ0v) is 37.0. The van der Waals surface area contributed by atoms with E-state index in [1.807, 2.05) is 0 Å². The molecule has 0 aromatic rings. The second kappa shape index (κ2) is 40.6. The average Bonchev–Trinajstić information content (AvgIpc) is 3.23. The summed E-state index contributed by atoms with van der Waals surface area (Å²) in [5.74, 6) is -1.96. The second-order valence-corrected chi connectivity index (χ2v) is 17.6. The van der Waals surface area contributed by atoms with Gasteiger partial charge in [-0.25, -0.2) is 9.59 Å². The van der Waals surface area contributed by atoms with Crippen molar-refractivity contribution in [2.75, 3.05) is 39.6 Å². The smallest absolute Gasteiger partial charge is 0.327 e. The molecule has 0 aliphatic heterocycles. The summed E-state index contributed by atoms with van der Waals surface area (Å²) in [6, 6.07) is 0. The highest BCUT2D eigenvalue weighted by Gasteiger charge is 2.29. The van der Waals surface area contributed by atoms with Crippen LogP contribution in [0, 0.1) is 16.2 Å². The van der Waals surface area contributed by atoms with Gasteiger partial charge in [-0.15, -0.1) is 0 Å². The van der Waals surface area contributed by atoms with Crippen molar-refractivity contribution in [1.82, 2.24) is 0 Å². The standard InChI is InChI=1S/3C14H28O2.2C3H4O2/c3*15-12-14(13-16)10-8-6-4-2-1-3-5-7-9-11-14;2*1-2-3(4)5/h3*15-16H,1-13H2;2*2H,1H2,(H,4,5). The number of aliphatic hydroxyl groups is 6. The molecule has 0 aromatic carbocycles. The van der Waals surface area contributed by atoms with Crippen LogP contribution < -0.4 is 0 Å². The molecule has 0 spiro atoms. The molecule has 8 N–H and O–H groups in total. The van der Waals surface area contributed by atoms with E-state index in [-0.39, 0.29) is 55.9 Å². The van der Waals surface area contributed by atoms with E-state index in [1.165, 1.54) is 173 Å². The van der Waals surface area contributed by atoms with Crippen molar-refractivity contribution >= 4 is 11.9 Å². The normalized spacial score (nSPS) is 21.3. The summed E-state index contributed by atoms with van der Waals surface area (Å²) in [7, 11) is 0. The molecule has 3 saturated carbocycles. The van der Waals surface area contributed by atoms with Gasteiger partial charge in [0, 0.05) is 28.4 Å². The van der Waals surface area contributed by atoms with Crippen molar-refractivity contribution in [1.29, 1.82) is 0 Å². The Kier molecular flexibility index (Phi) is 40.8. The van der Waals surface area contributed by atoms with Crippen molar-refractivity contribution < 1.29 is 50.4 Å². The predicted molar refractivity (Wildman–Crippen MR) is 238 cm³/mol. The third-order valence-electron chi connectivity index (χ3n) is 12.6. The quantitative estimate of drug-likeness (QED) is 0.109. The first-order chi connectivity index (χ1) is 28.0. The van der Waals surface area contributed by atoms with E-state index in [0.717, 1.165) is 50.7 Å². The maximum Gasteiger partial charge on any atom is 0.327 e. The van der Waals surface area contributed by atoms with Crippen LogP contribution in [-0.2, 0) is 9.59 Å². The number of hydrogen-bond donors (Lipinski definition) is 8. The van der Waals surface area contributed by atoms with Gasteiger partial charge in [-0.3, -0.25) is 0 Å². The Bertz CT molecular complexity index is 792. The van der Waals surface area contributed by atoms with Gasteiger partial charge in [0.25, 0.3) is 0 Å². The summed E-state index contributed by atoms with van der Waals surface area (Å²) in [6.45, 7) is 6.86. The maximum atomic E-state index is 9.49. The fraction of sp³-hybridized carbons (Fsp3) is 0.875. The zero-order chi connectivity index (χ0) is 43.6. The highest BCUT2D eigenvalue weighted by molar-refractivity contribution is 5.79. The van der Waals surface area contributed by atoms with Gasteiger partial charge in [-0.2, -0.15) is 0 Å². The second-order valence-electron chi connectivity index (χ2n) is 17.6. The molecule has 0 amide bonds. The van der Waals surface area contributed by atoms with Gasteiger partial charge in [-0.1, -0.05) is 187 Å². The van der Waals surface area contributed by atoms with E-state index < -0.39 is 11.9 Å². The lowest BCUT2D eigenvalue weighted by Crippen LogP contribution is -2.30. The lowest BCUT2D eigenvalue weighted by atomic mass is 9.79. The third kappa shape index (κ3) is 33.0. The average molecular weight is 829 g/mol. The zero-order valence-electron chi connectivity index (χ0n) is 37.0. The van der Waals surface area contributed by atoms with E-state index in [9.17, 15) is 40.2 Å². The first-order valence-electron chi connectivity index (χ1n) is 23.4. The lowest BCUT2D eigenvalue weighted by molar-refractivity contribution is -0.132. The van der Waals surface area contributed by atoms with E-state index in [0.29, 0.717) is 0 Å². The molecule has 0 unspecified atom stereocenters. The van der Waals surface area contributed by atoms with Crippen LogP contribution in [0.25, 0.3) is 0 Å². The van der Waals surface area contributed by atoms with Gasteiger partial charge in [0.15, 0.2) is 0 Å². The number of carboxylic acids is 2. The Morgan fingerprint density at radius 3 is 0.500 bits per heavy atom. The molecule has 0 radical (unpaired) electrons. The SMILES string of the molecule is C=CC(=O)O.C=CC(=O)O.OCC1(CO)CCCCCCCCCCC1.OCC1(CO)CCCCCCCCCCC1.OCC1(CO)CCCCCCCCCCC1. The molecule has 3 aliphatic rings. The first kappa shape index (κ1) is 58.3. The number of aliphatic hydroxyl groups excluding tert-OH is 6. The minimum atomic E-state index is -0.981. The highest BCUT2D eigenvalue weighted by atomic mass is 16.4. The Morgan fingerprint density at radius 1 is 0.310 bits per heavy atom. The van der Waals surface area contributed by atoms with E-state index in [1.54, 1.807) is 0 Å². The maximum absolute atomic E-state index is 9.49. The van der Waals surface area contributed by atoms with Crippen LogP contribution in [-0.4, -0.2) is 92.4 Å². The van der Waals surface area contributed by atoms with Gasteiger partial charge >= 0.3 is 11.9 Å². The van der Waals surface area contributed by atoms with Gasteiger partial charge in [0.2, 0.25) is 0 Å². The molecule has 0 saturated heterocycles. The lowest BCUT2D eigenvalue weighted by Gasteiger charge is -2.30. The highest BCUT2D eigenvalue weighted by Crippen LogP contribution is 2.34. The number of hydrogen-bond acceptors (Lipinski definition) is 8. The summed E-state index contributed by atoms with van der Waals surface area (Å²) < 4.78 is 0. The third-order valence-corrected chi connectivity index (χ3v) is 12.6. The Labute approximate surface area is 354 Å². The molecule has 0 heterocycles. The van der Waals surface area contributed by atoms with Crippen LogP contribution >= 0.6 is 0 Å². The minimum Gasteiger partial charge on any atom is -0.478 e. The Balaban J connectivity index is 0. The largest absolute Gasteiger partial charge is 0.478 e. The van der Waals surface area contributed by atoms with Crippen molar-refractivity contribution in [3.05, 3.63) is 25.3 Å². The fourth-order valence-electron chi connectivity index (χ4n) is 8.19. The van der Waals surface area contributed by atoms with Crippen molar-refractivity contribution in [2.45, 2.75) is 212 Å². The summed E-state index contributed by atoms with van der Waals surface area (Å²) in [5.41, 5.74) is -0.544. The van der Waals surface area contributed by atoms with E-state index in [4.69, 9.17) is 10.2 Å². The minimum absolute atomic E-state index is 0.156. The van der Waals surface area contributed by atoms with Gasteiger partial charge in [0.05, 0.1) is 39.6 Å². The van der Waals surface area contributed by atoms with Gasteiger partial charge in [0.1, 0.15) is 0 Å². The van der Waals surface area contributed by atoms with Crippen LogP contribution in [0.4, 0.5) is 0 Å². The van der Waals surface area contributed by atoms with Gasteiger partial charge < -0.3 is 40.9 Å². The molecule has 10 heteroatoms. The van der Waals surface area contributed by atoms with Crippen molar-refractivity contribution in [3.8, 4) is 0 Å². The van der Waals surface area contributed by atoms with Crippen molar-refractivity contribution in [3.63, 3.8) is 0 Å². The molecule has 3 rings (SSSR count). The monoisotopic (exact) mass is 829 g/mol. The number of carboxylic acid groups (broad SMARTS) is 2. The van der Waals surface area contributed by atoms with Crippen LogP contribution in [0.5, 0.6) is 0 Å². The molecule has 10 nitrogen and oxygen atoms in total. The number of aliphatic carboxylic acids is 2. The predicted octanol–water partition coefficient (Wildman–Crippen LogP) is 10.3. The number of rotatable bonds is 8. The molecule has 0 bridgehead atoms. The van der Waals surface area contributed by atoms with E-state index in [2.05, 4.69) is 13.2 Å². The van der Waals surface area contributed by atoms with E-state index >= 15 is 0 Å². The first-order valence-corrected chi connectivity index (χ1v) is 23.4. The molecule has 0 atom stereocenters. The topological polar surface area (TPSA) is 196 Å². The molecule has 0 aromatic heterocycles. The molecule has 58 heavy (non-hydrogen) atoms.